The molecule has 0 rings (SSSR count). The standard InChI is InChI=1S/C4H5NO3S/c1-2-9(6,7)8-4-3-5/h2H,1,4H2. The highest BCUT2D eigenvalue weighted by atomic mass is 32.2. The van der Waals surface area contributed by atoms with Gasteiger partial charge in [0.25, 0.3) is 10.1 Å². The van der Waals surface area contributed by atoms with Crippen LogP contribution in [-0.2, 0) is 14.3 Å². The molecule has 0 unspecified atom stereocenters. The lowest BCUT2D eigenvalue weighted by molar-refractivity contribution is 0.369. The molecule has 4 nitrogen and oxygen atoms in total. The van der Waals surface area contributed by atoms with Crippen molar-refractivity contribution < 1.29 is 12.6 Å². The Kier molecular flexibility index (Phi) is 2.91. The molecule has 0 aromatic heterocycles. The van der Waals surface area contributed by atoms with Gasteiger partial charge in [-0.25, -0.2) is 0 Å². The van der Waals surface area contributed by atoms with Gasteiger partial charge < -0.3 is 0 Å². The van der Waals surface area contributed by atoms with Gasteiger partial charge in [-0.1, -0.05) is 6.58 Å². The van der Waals surface area contributed by atoms with E-state index >= 15 is 0 Å². The summed E-state index contributed by atoms with van der Waals surface area (Å²) in [4.78, 5) is 0. The summed E-state index contributed by atoms with van der Waals surface area (Å²) >= 11 is 0. The first-order valence-electron chi connectivity index (χ1n) is 2.01. The minimum atomic E-state index is -3.64. The molecule has 0 N–H and O–H groups in total. The van der Waals surface area contributed by atoms with Gasteiger partial charge in [0.05, 0.1) is 11.5 Å². The molecule has 0 aromatic carbocycles. The van der Waals surface area contributed by atoms with E-state index in [2.05, 4.69) is 10.8 Å². The summed E-state index contributed by atoms with van der Waals surface area (Å²) in [5.74, 6) is 0. The van der Waals surface area contributed by atoms with E-state index in [0.717, 1.165) is 0 Å². The SMILES string of the molecule is C=CS(=O)(=O)OCC#N. The van der Waals surface area contributed by atoms with Gasteiger partial charge in [0.2, 0.25) is 0 Å². The van der Waals surface area contributed by atoms with Gasteiger partial charge >= 0.3 is 0 Å². The maximum absolute atomic E-state index is 10.3. The first-order chi connectivity index (χ1) is 4.12. The fraction of sp³-hybridized carbons (Fsp3) is 0.250. The van der Waals surface area contributed by atoms with Crippen LogP contribution in [0, 0.1) is 11.3 Å². The Morgan fingerprint density at radius 3 is 2.67 bits per heavy atom. The van der Waals surface area contributed by atoms with Crippen molar-refractivity contribution >= 4 is 10.1 Å². The van der Waals surface area contributed by atoms with E-state index in [1.807, 2.05) is 0 Å². The fourth-order valence-electron chi connectivity index (χ4n) is 0.157. The van der Waals surface area contributed by atoms with Gasteiger partial charge in [-0.3, -0.25) is 4.18 Å². The van der Waals surface area contributed by atoms with Crippen molar-refractivity contribution in [1.29, 1.82) is 5.26 Å². The topological polar surface area (TPSA) is 67.2 Å². The third-order valence-corrected chi connectivity index (χ3v) is 1.35. The van der Waals surface area contributed by atoms with Gasteiger partial charge in [0.15, 0.2) is 6.61 Å². The maximum Gasteiger partial charge on any atom is 0.290 e. The van der Waals surface area contributed by atoms with E-state index in [4.69, 9.17) is 5.26 Å². The third kappa shape index (κ3) is 3.70. The summed E-state index contributed by atoms with van der Waals surface area (Å²) < 4.78 is 24.6. The molecule has 0 heterocycles. The highest BCUT2D eigenvalue weighted by Gasteiger charge is 2.01. The van der Waals surface area contributed by atoms with E-state index in [0.29, 0.717) is 5.41 Å². The van der Waals surface area contributed by atoms with Crippen molar-refractivity contribution in [3.05, 3.63) is 12.0 Å². The molecule has 0 aliphatic rings. The highest BCUT2D eigenvalue weighted by molar-refractivity contribution is 7.89. The minimum Gasteiger partial charge on any atom is -0.251 e. The molecule has 50 valence electrons. The van der Waals surface area contributed by atoms with Crippen LogP contribution in [0.15, 0.2) is 12.0 Å². The van der Waals surface area contributed by atoms with E-state index in [-0.39, 0.29) is 0 Å². The average molecular weight is 147 g/mol. The lowest BCUT2D eigenvalue weighted by Crippen LogP contribution is -2.00. The molecule has 5 heteroatoms. The molecule has 0 spiro atoms. The maximum atomic E-state index is 10.3. The number of hydrogen-bond acceptors (Lipinski definition) is 4. The molecule has 0 aliphatic carbocycles. The molecular weight excluding hydrogens is 142 g/mol. The number of nitrogens with zero attached hydrogens (tertiary/aromatic N) is 1. The third-order valence-electron chi connectivity index (χ3n) is 0.492. The number of hydrogen-bond donors (Lipinski definition) is 0. The van der Waals surface area contributed by atoms with E-state index in [1.165, 1.54) is 6.07 Å². The average Bonchev–Trinajstić information content (AvgIpc) is 1.84. The van der Waals surface area contributed by atoms with Crippen LogP contribution in [0.25, 0.3) is 0 Å². The molecule has 0 aromatic rings. The molecule has 0 atom stereocenters. The Morgan fingerprint density at radius 2 is 2.33 bits per heavy atom. The largest absolute Gasteiger partial charge is 0.290 e. The van der Waals surface area contributed by atoms with E-state index < -0.39 is 16.7 Å². The lowest BCUT2D eigenvalue weighted by Gasteiger charge is -1.90. The summed E-state index contributed by atoms with van der Waals surface area (Å²) in [6, 6.07) is 1.51. The zero-order valence-corrected chi connectivity index (χ0v) is 5.39. The van der Waals surface area contributed by atoms with E-state index in [9.17, 15) is 8.42 Å². The molecule has 0 bridgehead atoms. The normalized spacial score (nSPS) is 10.1. The summed E-state index contributed by atoms with van der Waals surface area (Å²) in [6.07, 6.45) is 0. The van der Waals surface area contributed by atoms with E-state index in [1.54, 1.807) is 0 Å². The van der Waals surface area contributed by atoms with Crippen LogP contribution in [0.5, 0.6) is 0 Å². The van der Waals surface area contributed by atoms with Gasteiger partial charge in [-0.05, 0) is 0 Å². The number of nitriles is 1. The van der Waals surface area contributed by atoms with Crippen molar-refractivity contribution in [2.75, 3.05) is 6.61 Å². The zero-order chi connectivity index (χ0) is 7.33. The molecule has 9 heavy (non-hydrogen) atoms. The van der Waals surface area contributed by atoms with Crippen molar-refractivity contribution in [3.63, 3.8) is 0 Å². The summed E-state index contributed by atoms with van der Waals surface area (Å²) in [7, 11) is -3.64. The number of rotatable bonds is 3. The molecule has 0 saturated heterocycles. The van der Waals surface area contributed by atoms with Crippen molar-refractivity contribution in [2.45, 2.75) is 0 Å². The van der Waals surface area contributed by atoms with Gasteiger partial charge in [0.1, 0.15) is 0 Å². The lowest BCUT2D eigenvalue weighted by atomic mass is 10.9. The molecule has 0 amide bonds. The first-order valence-corrected chi connectivity index (χ1v) is 3.48. The molecule has 0 saturated carbocycles. The summed E-state index contributed by atoms with van der Waals surface area (Å²) in [5, 5.41) is 8.49. The smallest absolute Gasteiger partial charge is 0.251 e. The predicted octanol–water partition coefficient (Wildman–Crippen LogP) is -0.000120. The van der Waals surface area contributed by atoms with Crippen LogP contribution in [-0.4, -0.2) is 15.0 Å². The van der Waals surface area contributed by atoms with Gasteiger partial charge in [-0.15, -0.1) is 0 Å². The van der Waals surface area contributed by atoms with Crippen molar-refractivity contribution in [2.24, 2.45) is 0 Å². The molecule has 0 aliphatic heterocycles. The van der Waals surface area contributed by atoms with Crippen LogP contribution >= 0.6 is 0 Å². The van der Waals surface area contributed by atoms with Crippen molar-refractivity contribution in [3.8, 4) is 6.07 Å². The fourth-order valence-corrected chi connectivity index (χ4v) is 0.470. The Hall–Kier alpha value is -0.860. The molecule has 0 radical (unpaired) electrons. The summed E-state index contributed by atoms with van der Waals surface area (Å²) in [5.41, 5.74) is 0. The zero-order valence-electron chi connectivity index (χ0n) is 4.57. The van der Waals surface area contributed by atoms with Crippen LogP contribution in [0.1, 0.15) is 0 Å². The predicted molar refractivity (Wildman–Crippen MR) is 30.7 cm³/mol. The molecular formula is C4H5NO3S. The second-order valence-electron chi connectivity index (χ2n) is 1.08. The van der Waals surface area contributed by atoms with Crippen LogP contribution in [0.3, 0.4) is 0 Å². The van der Waals surface area contributed by atoms with Gasteiger partial charge in [0, 0.05) is 0 Å². The first kappa shape index (κ1) is 8.14. The van der Waals surface area contributed by atoms with Crippen molar-refractivity contribution in [1.82, 2.24) is 0 Å². The van der Waals surface area contributed by atoms with Crippen LogP contribution in [0.4, 0.5) is 0 Å². The van der Waals surface area contributed by atoms with Crippen LogP contribution in [0.2, 0.25) is 0 Å². The Bertz CT molecular complexity index is 223. The molecule has 0 fully saturated rings. The minimum absolute atomic E-state index is 0.464. The second kappa shape index (κ2) is 3.22. The van der Waals surface area contributed by atoms with Crippen LogP contribution < -0.4 is 0 Å². The monoisotopic (exact) mass is 147 g/mol. The Morgan fingerprint density at radius 1 is 1.78 bits per heavy atom. The summed E-state index contributed by atoms with van der Waals surface area (Å²) in [6.45, 7) is 2.50. The Balaban J connectivity index is 3.93. The second-order valence-corrected chi connectivity index (χ2v) is 2.63. The highest BCUT2D eigenvalue weighted by Crippen LogP contribution is 1.90. The quantitative estimate of drug-likeness (QED) is 0.527. The Labute approximate surface area is 53.5 Å². The van der Waals surface area contributed by atoms with Gasteiger partial charge in [-0.2, -0.15) is 13.7 Å².